The lowest BCUT2D eigenvalue weighted by Crippen LogP contribution is -2.40. The smallest absolute Gasteiger partial charge is 0.309 e. The number of sulfonamides is 1. The molecule has 0 bridgehead atoms. The van der Waals surface area contributed by atoms with E-state index in [0.717, 1.165) is 6.42 Å². The molecule has 0 aromatic carbocycles. The number of esters is 1. The van der Waals surface area contributed by atoms with Gasteiger partial charge in [-0.3, -0.25) is 9.78 Å². The SMILES string of the molecule is COC(=O)[C@H]1CC12CCN(S(=O)(=O)c1cccnc1)CC2. The van der Waals surface area contributed by atoms with Gasteiger partial charge in [0.1, 0.15) is 4.90 Å². The van der Waals surface area contributed by atoms with E-state index in [1.165, 1.54) is 17.6 Å². The number of nitrogens with zero attached hydrogens (tertiary/aromatic N) is 2. The fourth-order valence-corrected chi connectivity index (χ4v) is 4.60. The molecular formula is C14H18N2O4S. The van der Waals surface area contributed by atoms with E-state index in [-0.39, 0.29) is 22.2 Å². The molecule has 2 aliphatic rings. The zero-order valence-corrected chi connectivity index (χ0v) is 12.7. The van der Waals surface area contributed by atoms with Crippen molar-refractivity contribution in [3.63, 3.8) is 0 Å². The molecule has 114 valence electrons. The fourth-order valence-electron chi connectivity index (χ4n) is 3.20. The highest BCUT2D eigenvalue weighted by molar-refractivity contribution is 7.89. The van der Waals surface area contributed by atoms with Crippen LogP contribution in [0.5, 0.6) is 0 Å². The van der Waals surface area contributed by atoms with Crippen LogP contribution in [0.1, 0.15) is 19.3 Å². The third kappa shape index (κ3) is 2.44. The normalized spacial score (nSPS) is 24.7. The number of carbonyl (C=O) groups excluding carboxylic acids is 1. The van der Waals surface area contributed by atoms with Crippen molar-refractivity contribution in [2.45, 2.75) is 24.2 Å². The van der Waals surface area contributed by atoms with Crippen molar-refractivity contribution >= 4 is 16.0 Å². The Morgan fingerprint density at radius 2 is 2.14 bits per heavy atom. The summed E-state index contributed by atoms with van der Waals surface area (Å²) >= 11 is 0. The summed E-state index contributed by atoms with van der Waals surface area (Å²) in [5.74, 6) is -0.218. The average molecular weight is 310 g/mol. The summed E-state index contributed by atoms with van der Waals surface area (Å²) in [6.45, 7) is 0.898. The molecule has 0 amide bonds. The van der Waals surface area contributed by atoms with E-state index in [1.54, 1.807) is 18.3 Å². The first-order chi connectivity index (χ1) is 9.99. The molecular weight excluding hydrogens is 292 g/mol. The van der Waals surface area contributed by atoms with Crippen molar-refractivity contribution in [3.05, 3.63) is 24.5 Å². The Labute approximate surface area is 124 Å². The van der Waals surface area contributed by atoms with Gasteiger partial charge in [0.15, 0.2) is 0 Å². The van der Waals surface area contributed by atoms with E-state index in [2.05, 4.69) is 4.98 Å². The lowest BCUT2D eigenvalue weighted by Gasteiger charge is -2.31. The average Bonchev–Trinajstić information content (AvgIpc) is 3.21. The lowest BCUT2D eigenvalue weighted by molar-refractivity contribution is -0.143. The molecule has 1 aliphatic heterocycles. The maximum atomic E-state index is 12.5. The number of hydrogen-bond acceptors (Lipinski definition) is 5. The molecule has 2 heterocycles. The zero-order chi connectivity index (χ0) is 15.1. The van der Waals surface area contributed by atoms with Gasteiger partial charge < -0.3 is 4.74 Å². The second-order valence-electron chi connectivity index (χ2n) is 5.74. The number of methoxy groups -OCH3 is 1. The van der Waals surface area contributed by atoms with Crippen molar-refractivity contribution in [3.8, 4) is 0 Å². The van der Waals surface area contributed by atoms with Crippen LogP contribution in [0.25, 0.3) is 0 Å². The molecule has 0 radical (unpaired) electrons. The first-order valence-electron chi connectivity index (χ1n) is 6.98. The van der Waals surface area contributed by atoms with E-state index in [4.69, 9.17) is 4.74 Å². The van der Waals surface area contributed by atoms with Crippen LogP contribution in [-0.4, -0.2) is 43.9 Å². The predicted octanol–water partition coefficient (Wildman–Crippen LogP) is 1.05. The van der Waals surface area contributed by atoms with Crippen molar-refractivity contribution < 1.29 is 17.9 Å². The van der Waals surface area contributed by atoms with E-state index < -0.39 is 10.0 Å². The van der Waals surface area contributed by atoms with E-state index in [1.807, 2.05) is 0 Å². The first kappa shape index (κ1) is 14.5. The minimum absolute atomic E-state index is 0.0337. The van der Waals surface area contributed by atoms with Gasteiger partial charge >= 0.3 is 5.97 Å². The number of ether oxygens (including phenoxy) is 1. The van der Waals surface area contributed by atoms with Gasteiger partial charge in [0.05, 0.1) is 13.0 Å². The van der Waals surface area contributed by atoms with Crippen LogP contribution >= 0.6 is 0 Å². The molecule has 1 spiro atoms. The topological polar surface area (TPSA) is 76.6 Å². The molecule has 6 nitrogen and oxygen atoms in total. The van der Waals surface area contributed by atoms with Crippen molar-refractivity contribution in [1.29, 1.82) is 0 Å². The van der Waals surface area contributed by atoms with Crippen LogP contribution < -0.4 is 0 Å². The van der Waals surface area contributed by atoms with Gasteiger partial charge in [-0.25, -0.2) is 8.42 Å². The van der Waals surface area contributed by atoms with Gasteiger partial charge in [-0.1, -0.05) is 0 Å². The fraction of sp³-hybridized carbons (Fsp3) is 0.571. The van der Waals surface area contributed by atoms with E-state index in [9.17, 15) is 13.2 Å². The molecule has 2 fully saturated rings. The van der Waals surface area contributed by atoms with Gasteiger partial charge in [0, 0.05) is 25.5 Å². The van der Waals surface area contributed by atoms with E-state index in [0.29, 0.717) is 25.9 Å². The zero-order valence-electron chi connectivity index (χ0n) is 11.9. The molecule has 0 unspecified atom stereocenters. The predicted molar refractivity (Wildman–Crippen MR) is 74.8 cm³/mol. The summed E-state index contributed by atoms with van der Waals surface area (Å²) in [4.78, 5) is 15.7. The molecule has 0 N–H and O–H groups in total. The maximum Gasteiger partial charge on any atom is 0.309 e. The van der Waals surface area contributed by atoms with Gasteiger partial charge in [-0.2, -0.15) is 4.31 Å². The molecule has 3 rings (SSSR count). The first-order valence-corrected chi connectivity index (χ1v) is 8.42. The lowest BCUT2D eigenvalue weighted by atomic mass is 9.92. The van der Waals surface area contributed by atoms with Crippen LogP contribution in [0.4, 0.5) is 0 Å². The third-order valence-corrected chi connectivity index (χ3v) is 6.55. The van der Waals surface area contributed by atoms with Gasteiger partial charge in [0.25, 0.3) is 0 Å². The minimum atomic E-state index is -3.47. The van der Waals surface area contributed by atoms with Crippen LogP contribution in [0, 0.1) is 11.3 Å². The van der Waals surface area contributed by atoms with Gasteiger partial charge in [-0.05, 0) is 36.8 Å². The molecule has 1 aliphatic carbocycles. The van der Waals surface area contributed by atoms with Crippen molar-refractivity contribution in [2.75, 3.05) is 20.2 Å². The number of hydrogen-bond donors (Lipinski definition) is 0. The van der Waals surface area contributed by atoms with Crippen molar-refractivity contribution in [1.82, 2.24) is 9.29 Å². The molecule has 7 heteroatoms. The van der Waals surface area contributed by atoms with Crippen LogP contribution in [0.3, 0.4) is 0 Å². The molecule has 1 saturated carbocycles. The highest BCUT2D eigenvalue weighted by Crippen LogP contribution is 2.60. The summed E-state index contributed by atoms with van der Waals surface area (Å²) in [5.41, 5.74) is -0.0337. The monoisotopic (exact) mass is 310 g/mol. The summed E-state index contributed by atoms with van der Waals surface area (Å²) < 4.78 is 31.2. The van der Waals surface area contributed by atoms with E-state index >= 15 is 0 Å². The maximum absolute atomic E-state index is 12.5. The highest BCUT2D eigenvalue weighted by Gasteiger charge is 2.59. The van der Waals surface area contributed by atoms with Crippen LogP contribution in [0.15, 0.2) is 29.4 Å². The number of aromatic nitrogens is 1. The van der Waals surface area contributed by atoms with Gasteiger partial charge in [0.2, 0.25) is 10.0 Å². The molecule has 1 saturated heterocycles. The Bertz CT molecular complexity index is 636. The van der Waals surface area contributed by atoms with Crippen LogP contribution in [0.2, 0.25) is 0 Å². The quantitative estimate of drug-likeness (QED) is 0.780. The molecule has 1 aromatic heterocycles. The standard InChI is InChI=1S/C14H18N2O4S/c1-20-13(17)12-9-14(12)4-7-16(8-5-14)21(18,19)11-3-2-6-15-10-11/h2-3,6,10,12H,4-5,7-9H2,1H3/t12-/m1/s1. The molecule has 21 heavy (non-hydrogen) atoms. The third-order valence-electron chi connectivity index (χ3n) is 4.67. The number of carbonyl (C=O) groups is 1. The largest absolute Gasteiger partial charge is 0.469 e. The van der Waals surface area contributed by atoms with Crippen molar-refractivity contribution in [2.24, 2.45) is 11.3 Å². The number of pyridine rings is 1. The Kier molecular flexibility index (Phi) is 3.49. The Balaban J connectivity index is 1.69. The summed E-state index contributed by atoms with van der Waals surface area (Å²) in [6, 6.07) is 3.17. The minimum Gasteiger partial charge on any atom is -0.469 e. The van der Waals surface area contributed by atoms with Crippen LogP contribution in [-0.2, 0) is 19.6 Å². The summed E-state index contributed by atoms with van der Waals surface area (Å²) in [6.07, 6.45) is 5.17. The second kappa shape index (κ2) is 5.06. The Morgan fingerprint density at radius 1 is 1.43 bits per heavy atom. The second-order valence-corrected chi connectivity index (χ2v) is 7.67. The molecule has 1 atom stereocenters. The number of piperidine rings is 1. The highest BCUT2D eigenvalue weighted by atomic mass is 32.2. The summed E-state index contributed by atoms with van der Waals surface area (Å²) in [7, 11) is -2.07. The number of rotatable bonds is 3. The summed E-state index contributed by atoms with van der Waals surface area (Å²) in [5, 5.41) is 0. The molecule has 1 aromatic rings. The Hall–Kier alpha value is -1.47. The van der Waals surface area contributed by atoms with Gasteiger partial charge in [-0.15, -0.1) is 0 Å². The Morgan fingerprint density at radius 3 is 2.71 bits per heavy atom.